The molecule has 4 nitrogen and oxygen atoms in total. The second-order valence-corrected chi connectivity index (χ2v) is 7.20. The van der Waals surface area contributed by atoms with Crippen molar-refractivity contribution in [1.29, 1.82) is 0 Å². The number of carbonyl (C=O) groups is 1. The summed E-state index contributed by atoms with van der Waals surface area (Å²) in [5, 5.41) is 3.14. The molecule has 2 N–H and O–H groups in total. The molecule has 1 amide bonds. The van der Waals surface area contributed by atoms with Gasteiger partial charge in [-0.15, -0.1) is 11.3 Å². The van der Waals surface area contributed by atoms with Gasteiger partial charge in [-0.1, -0.05) is 12.1 Å². The molecule has 1 aromatic carbocycles. The number of benzene rings is 1. The second kappa shape index (κ2) is 6.22. The molecule has 1 aliphatic carbocycles. The number of rotatable bonds is 4. The minimum atomic E-state index is 0.0361. The van der Waals surface area contributed by atoms with Crippen LogP contribution in [0.25, 0.3) is 0 Å². The summed E-state index contributed by atoms with van der Waals surface area (Å²) < 4.78 is 6.12. The third-order valence-corrected chi connectivity index (χ3v) is 5.36. The van der Waals surface area contributed by atoms with E-state index in [9.17, 15) is 4.79 Å². The Bertz CT molecular complexity index is 764. The average Bonchev–Trinajstić information content (AvgIpc) is 3.02. The number of amides is 1. The fraction of sp³-hybridized carbons (Fsp3) is 0.375. The number of ether oxygens (including phenoxy) is 1. The summed E-state index contributed by atoms with van der Waals surface area (Å²) >= 11 is 6.58. The molecule has 0 aliphatic heterocycles. The number of nitrogens with one attached hydrogen (secondary N) is 2. The van der Waals surface area contributed by atoms with Gasteiger partial charge in [-0.2, -0.15) is 0 Å². The molecule has 0 saturated carbocycles. The molecular formula is C16H18N2O2S2. The fourth-order valence-corrected chi connectivity index (χ4v) is 4.25. The van der Waals surface area contributed by atoms with Crippen LogP contribution in [0, 0.1) is 10.9 Å². The van der Waals surface area contributed by atoms with Crippen LogP contribution in [0.4, 0.5) is 0 Å². The Morgan fingerprint density at radius 1 is 1.55 bits per heavy atom. The minimum Gasteiger partial charge on any atom is -0.496 e. The zero-order chi connectivity index (χ0) is 15.7. The molecule has 0 bridgehead atoms. The third kappa shape index (κ3) is 2.94. The van der Waals surface area contributed by atoms with Crippen LogP contribution in [-0.4, -0.2) is 18.0 Å². The van der Waals surface area contributed by atoms with Crippen LogP contribution in [0.15, 0.2) is 18.2 Å². The number of aromatic amines is 1. The van der Waals surface area contributed by atoms with Gasteiger partial charge in [0.15, 0.2) is 3.95 Å². The lowest BCUT2D eigenvalue weighted by molar-refractivity contribution is -0.121. The number of hydrogen-bond acceptors (Lipinski definition) is 4. The normalized spacial score (nSPS) is 16.4. The van der Waals surface area contributed by atoms with Crippen molar-refractivity contribution in [3.8, 4) is 5.75 Å². The number of methoxy groups -OCH3 is 1. The molecule has 1 aliphatic rings. The van der Waals surface area contributed by atoms with Crippen LogP contribution in [0.2, 0.25) is 0 Å². The van der Waals surface area contributed by atoms with Gasteiger partial charge in [-0.25, -0.2) is 0 Å². The summed E-state index contributed by atoms with van der Waals surface area (Å²) in [6, 6.07) is 6.09. The van der Waals surface area contributed by atoms with E-state index in [1.807, 2.05) is 19.1 Å². The van der Waals surface area contributed by atoms with Crippen LogP contribution in [0.5, 0.6) is 5.75 Å². The van der Waals surface area contributed by atoms with Gasteiger partial charge in [0, 0.05) is 10.6 Å². The molecular weight excluding hydrogens is 316 g/mol. The van der Waals surface area contributed by atoms with E-state index in [-0.39, 0.29) is 11.9 Å². The van der Waals surface area contributed by atoms with Gasteiger partial charge in [-0.05, 0) is 49.2 Å². The Morgan fingerprint density at radius 2 is 2.36 bits per heavy atom. The highest BCUT2D eigenvalue weighted by molar-refractivity contribution is 7.73. The SMILES string of the molecule is COc1cccc2c1CC[C@@H]2NC(=O)Cc1sc(=S)[nH]c1C. The van der Waals surface area contributed by atoms with Crippen molar-refractivity contribution in [3.63, 3.8) is 0 Å². The molecule has 3 rings (SSSR count). The molecule has 22 heavy (non-hydrogen) atoms. The zero-order valence-electron chi connectivity index (χ0n) is 12.6. The number of carbonyl (C=O) groups excluding carboxylic acids is 1. The molecule has 6 heteroatoms. The smallest absolute Gasteiger partial charge is 0.225 e. The first-order chi connectivity index (χ1) is 10.6. The summed E-state index contributed by atoms with van der Waals surface area (Å²) in [6.45, 7) is 1.95. The maximum atomic E-state index is 12.3. The maximum absolute atomic E-state index is 12.3. The predicted molar refractivity (Wildman–Crippen MR) is 90.1 cm³/mol. The Balaban J connectivity index is 1.72. The van der Waals surface area contributed by atoms with Crippen LogP contribution >= 0.6 is 23.6 Å². The number of hydrogen-bond donors (Lipinski definition) is 2. The highest BCUT2D eigenvalue weighted by Gasteiger charge is 2.26. The minimum absolute atomic E-state index is 0.0361. The molecule has 0 spiro atoms. The van der Waals surface area contributed by atoms with E-state index >= 15 is 0 Å². The molecule has 116 valence electrons. The molecule has 1 atom stereocenters. The van der Waals surface area contributed by atoms with E-state index in [0.717, 1.165) is 33.1 Å². The summed E-state index contributed by atoms with van der Waals surface area (Å²) in [5.41, 5.74) is 3.37. The van der Waals surface area contributed by atoms with Gasteiger partial charge in [0.2, 0.25) is 5.91 Å². The van der Waals surface area contributed by atoms with Gasteiger partial charge >= 0.3 is 0 Å². The molecule has 0 saturated heterocycles. The van der Waals surface area contributed by atoms with Crippen LogP contribution in [-0.2, 0) is 17.6 Å². The average molecular weight is 334 g/mol. The Hall–Kier alpha value is -1.66. The van der Waals surface area contributed by atoms with Crippen LogP contribution < -0.4 is 10.1 Å². The van der Waals surface area contributed by atoms with Crippen LogP contribution in [0.3, 0.4) is 0 Å². The number of thiazole rings is 1. The molecule has 1 heterocycles. The Morgan fingerprint density at radius 3 is 3.05 bits per heavy atom. The van der Waals surface area contributed by atoms with Crippen molar-refractivity contribution in [1.82, 2.24) is 10.3 Å². The third-order valence-electron chi connectivity index (χ3n) is 4.03. The summed E-state index contributed by atoms with van der Waals surface area (Å²) in [5.74, 6) is 0.947. The van der Waals surface area contributed by atoms with Crippen LogP contribution in [0.1, 0.15) is 34.2 Å². The standard InChI is InChI=1S/C16H18N2O2S2/c1-9-14(22-16(21)17-9)8-15(19)18-12-7-6-11-10(12)4-3-5-13(11)20-2/h3-5,12H,6-8H2,1-2H3,(H,17,21)(H,18,19)/t12-/m0/s1. The van der Waals surface area contributed by atoms with Crippen molar-refractivity contribution in [2.75, 3.05) is 7.11 Å². The summed E-state index contributed by atoms with van der Waals surface area (Å²) in [7, 11) is 1.68. The van der Waals surface area contributed by atoms with Crippen molar-refractivity contribution in [3.05, 3.63) is 43.9 Å². The van der Waals surface area contributed by atoms with Crippen molar-refractivity contribution < 1.29 is 9.53 Å². The lowest BCUT2D eigenvalue weighted by Crippen LogP contribution is -2.28. The number of aryl methyl sites for hydroxylation is 1. The largest absolute Gasteiger partial charge is 0.496 e. The lowest BCUT2D eigenvalue weighted by Gasteiger charge is -2.14. The van der Waals surface area contributed by atoms with Gasteiger partial charge in [-0.3, -0.25) is 4.79 Å². The van der Waals surface area contributed by atoms with Gasteiger partial charge in [0.1, 0.15) is 5.75 Å². The predicted octanol–water partition coefficient (Wildman–Crippen LogP) is 3.47. The summed E-state index contributed by atoms with van der Waals surface area (Å²) in [6.07, 6.45) is 2.23. The van der Waals surface area contributed by atoms with Gasteiger partial charge in [0.05, 0.1) is 19.6 Å². The Kier molecular flexibility index (Phi) is 4.31. The van der Waals surface area contributed by atoms with E-state index in [2.05, 4.69) is 16.4 Å². The molecule has 0 unspecified atom stereocenters. The van der Waals surface area contributed by atoms with E-state index < -0.39 is 0 Å². The van der Waals surface area contributed by atoms with Crippen molar-refractivity contribution in [2.24, 2.45) is 0 Å². The van der Waals surface area contributed by atoms with E-state index in [0.29, 0.717) is 6.42 Å². The van der Waals surface area contributed by atoms with Crippen molar-refractivity contribution in [2.45, 2.75) is 32.2 Å². The van der Waals surface area contributed by atoms with E-state index in [4.69, 9.17) is 17.0 Å². The van der Waals surface area contributed by atoms with Gasteiger partial charge < -0.3 is 15.0 Å². The monoisotopic (exact) mass is 334 g/mol. The number of fused-ring (bicyclic) bond motifs is 1. The number of H-pyrrole nitrogens is 1. The highest BCUT2D eigenvalue weighted by atomic mass is 32.1. The lowest BCUT2D eigenvalue weighted by atomic mass is 10.1. The van der Waals surface area contributed by atoms with E-state index in [1.54, 1.807) is 7.11 Å². The first-order valence-corrected chi connectivity index (χ1v) is 8.44. The molecule has 0 radical (unpaired) electrons. The first-order valence-electron chi connectivity index (χ1n) is 7.22. The second-order valence-electron chi connectivity index (χ2n) is 5.43. The molecule has 2 aromatic rings. The number of aromatic nitrogens is 1. The van der Waals surface area contributed by atoms with Crippen molar-refractivity contribution >= 4 is 29.5 Å². The maximum Gasteiger partial charge on any atom is 0.225 e. The summed E-state index contributed by atoms with van der Waals surface area (Å²) in [4.78, 5) is 16.4. The molecule has 1 aromatic heterocycles. The molecule has 0 fully saturated rings. The first kappa shape index (κ1) is 15.2. The quantitative estimate of drug-likeness (QED) is 0.842. The highest BCUT2D eigenvalue weighted by Crippen LogP contribution is 2.36. The fourth-order valence-electron chi connectivity index (χ4n) is 2.96. The Labute approximate surface area is 138 Å². The van der Waals surface area contributed by atoms with Gasteiger partial charge in [0.25, 0.3) is 0 Å². The topological polar surface area (TPSA) is 54.1 Å². The van der Waals surface area contributed by atoms with E-state index in [1.165, 1.54) is 22.5 Å². The zero-order valence-corrected chi connectivity index (χ0v) is 14.2.